The molecule has 0 atom stereocenters. The highest BCUT2D eigenvalue weighted by Crippen LogP contribution is 2.27. The van der Waals surface area contributed by atoms with Crippen LogP contribution in [0.5, 0.6) is 0 Å². The first kappa shape index (κ1) is 16.2. The Hall–Kier alpha value is -2.67. The number of carbonyl (C=O) groups excluding carboxylic acids is 1. The van der Waals surface area contributed by atoms with Crippen molar-refractivity contribution in [3.05, 3.63) is 70.9 Å². The van der Waals surface area contributed by atoms with Gasteiger partial charge in [0.2, 0.25) is 5.91 Å². The fraction of sp³-hybridized carbons (Fsp3) is 0.0588. The number of amides is 1. The Morgan fingerprint density at radius 2 is 1.88 bits per heavy atom. The molecule has 0 unspecified atom stereocenters. The summed E-state index contributed by atoms with van der Waals surface area (Å²) in [5.41, 5.74) is 0.787. The van der Waals surface area contributed by atoms with E-state index in [1.54, 1.807) is 6.07 Å². The molecule has 3 nitrogen and oxygen atoms in total. The van der Waals surface area contributed by atoms with E-state index in [9.17, 15) is 18.0 Å². The van der Waals surface area contributed by atoms with Gasteiger partial charge in [0, 0.05) is 10.9 Å². The molecule has 1 N–H and O–H groups in total. The van der Waals surface area contributed by atoms with E-state index < -0.39 is 17.5 Å². The molecule has 0 bridgehead atoms. The highest BCUT2D eigenvalue weighted by Gasteiger charge is 2.12. The van der Waals surface area contributed by atoms with E-state index in [0.29, 0.717) is 5.56 Å². The van der Waals surface area contributed by atoms with Crippen LogP contribution in [0.1, 0.15) is 5.56 Å². The maximum Gasteiger partial charge on any atom is 0.230 e. The van der Waals surface area contributed by atoms with E-state index in [0.717, 1.165) is 29.5 Å². The fourth-order valence-corrected chi connectivity index (χ4v) is 2.87. The molecule has 122 valence electrons. The summed E-state index contributed by atoms with van der Waals surface area (Å²) in [6.07, 6.45) is -0.0129. The van der Waals surface area contributed by atoms with Crippen LogP contribution in [0.4, 0.5) is 18.3 Å². The molecule has 0 saturated heterocycles. The zero-order valence-electron chi connectivity index (χ0n) is 12.2. The summed E-state index contributed by atoms with van der Waals surface area (Å²) in [5, 5.41) is 4.35. The van der Waals surface area contributed by atoms with Gasteiger partial charge in [0.1, 0.15) is 17.5 Å². The van der Waals surface area contributed by atoms with E-state index in [-0.39, 0.29) is 28.7 Å². The SMILES string of the molecule is O=C(Cc1cccc(F)c1)Nc1nc(-c2cc(F)ccc2F)cs1. The third kappa shape index (κ3) is 3.80. The van der Waals surface area contributed by atoms with Crippen LogP contribution in [0.25, 0.3) is 11.3 Å². The molecule has 0 spiro atoms. The molecule has 1 heterocycles. The number of nitrogens with zero attached hydrogens (tertiary/aromatic N) is 1. The lowest BCUT2D eigenvalue weighted by Crippen LogP contribution is -2.14. The zero-order chi connectivity index (χ0) is 17.1. The first-order chi connectivity index (χ1) is 11.5. The van der Waals surface area contributed by atoms with Crippen molar-refractivity contribution in [2.24, 2.45) is 0 Å². The van der Waals surface area contributed by atoms with Crippen molar-refractivity contribution in [1.29, 1.82) is 0 Å². The van der Waals surface area contributed by atoms with Gasteiger partial charge in [0.05, 0.1) is 12.1 Å². The summed E-state index contributed by atoms with van der Waals surface area (Å²) in [7, 11) is 0. The van der Waals surface area contributed by atoms with Crippen LogP contribution >= 0.6 is 11.3 Å². The van der Waals surface area contributed by atoms with Crippen LogP contribution in [0, 0.1) is 17.5 Å². The summed E-state index contributed by atoms with van der Waals surface area (Å²) in [6.45, 7) is 0. The number of carbonyl (C=O) groups is 1. The van der Waals surface area contributed by atoms with Crippen LogP contribution in [0.15, 0.2) is 47.8 Å². The van der Waals surface area contributed by atoms with Crippen LogP contribution in [-0.2, 0) is 11.2 Å². The second kappa shape index (κ2) is 6.84. The number of halogens is 3. The van der Waals surface area contributed by atoms with Gasteiger partial charge in [-0.25, -0.2) is 18.2 Å². The summed E-state index contributed by atoms with van der Waals surface area (Å²) < 4.78 is 40.1. The van der Waals surface area contributed by atoms with Crippen LogP contribution in [0.2, 0.25) is 0 Å². The standard InChI is InChI=1S/C17H11F3N2OS/c18-11-3-1-2-10(6-11)7-16(23)22-17-21-15(9-24-17)13-8-12(19)4-5-14(13)20/h1-6,8-9H,7H2,(H,21,22,23). The predicted molar refractivity (Wildman–Crippen MR) is 86.2 cm³/mol. The minimum atomic E-state index is -0.598. The number of benzene rings is 2. The maximum atomic E-state index is 13.7. The van der Waals surface area contributed by atoms with Crippen LogP contribution < -0.4 is 5.32 Å². The third-order valence-electron chi connectivity index (χ3n) is 3.21. The molecule has 0 aliphatic carbocycles. The van der Waals surface area contributed by atoms with Gasteiger partial charge in [0.25, 0.3) is 0 Å². The predicted octanol–water partition coefficient (Wildman–Crippen LogP) is 4.41. The highest BCUT2D eigenvalue weighted by molar-refractivity contribution is 7.14. The molecule has 7 heteroatoms. The topological polar surface area (TPSA) is 42.0 Å². The number of nitrogens with one attached hydrogen (secondary N) is 1. The lowest BCUT2D eigenvalue weighted by atomic mass is 10.1. The number of hydrogen-bond donors (Lipinski definition) is 1. The smallest absolute Gasteiger partial charge is 0.230 e. The number of hydrogen-bond acceptors (Lipinski definition) is 3. The average Bonchev–Trinajstić information content (AvgIpc) is 2.97. The number of anilines is 1. The molecule has 3 aromatic rings. The van der Waals surface area contributed by atoms with Crippen LogP contribution in [-0.4, -0.2) is 10.9 Å². The summed E-state index contributed by atoms with van der Waals surface area (Å²) in [6, 6.07) is 8.81. The van der Waals surface area contributed by atoms with Crippen LogP contribution in [0.3, 0.4) is 0 Å². The molecule has 0 fully saturated rings. The third-order valence-corrected chi connectivity index (χ3v) is 3.97. The largest absolute Gasteiger partial charge is 0.302 e. The van der Waals surface area contributed by atoms with Crippen molar-refractivity contribution in [3.8, 4) is 11.3 Å². The Labute approximate surface area is 139 Å². The summed E-state index contributed by atoms with van der Waals surface area (Å²) in [4.78, 5) is 16.0. The van der Waals surface area contributed by atoms with E-state index in [2.05, 4.69) is 10.3 Å². The first-order valence-electron chi connectivity index (χ1n) is 6.96. The lowest BCUT2D eigenvalue weighted by Gasteiger charge is -2.02. The van der Waals surface area contributed by atoms with Crippen molar-refractivity contribution in [2.45, 2.75) is 6.42 Å². The minimum Gasteiger partial charge on any atom is -0.302 e. The highest BCUT2D eigenvalue weighted by atomic mass is 32.1. The lowest BCUT2D eigenvalue weighted by molar-refractivity contribution is -0.115. The van der Waals surface area contributed by atoms with Crippen molar-refractivity contribution < 1.29 is 18.0 Å². The zero-order valence-corrected chi connectivity index (χ0v) is 13.0. The Bertz CT molecular complexity index is 895. The molecular weight excluding hydrogens is 337 g/mol. The Kier molecular flexibility index (Phi) is 4.61. The summed E-state index contributed by atoms with van der Waals surface area (Å²) >= 11 is 1.09. The van der Waals surface area contributed by atoms with E-state index >= 15 is 0 Å². The van der Waals surface area contributed by atoms with Gasteiger partial charge in [0.15, 0.2) is 5.13 Å². The molecule has 0 aliphatic rings. The molecule has 2 aromatic carbocycles. The van der Waals surface area contributed by atoms with Crippen molar-refractivity contribution >= 4 is 22.4 Å². The molecule has 1 aromatic heterocycles. The fourth-order valence-electron chi connectivity index (χ4n) is 2.14. The number of rotatable bonds is 4. The molecule has 0 saturated carbocycles. The van der Waals surface area contributed by atoms with Gasteiger partial charge < -0.3 is 5.32 Å². The van der Waals surface area contributed by atoms with E-state index in [4.69, 9.17) is 0 Å². The van der Waals surface area contributed by atoms with E-state index in [1.165, 1.54) is 23.6 Å². The molecular formula is C17H11F3N2OS. The van der Waals surface area contributed by atoms with Crippen molar-refractivity contribution in [2.75, 3.05) is 5.32 Å². The summed E-state index contributed by atoms with van der Waals surface area (Å²) in [5.74, 6) is -1.96. The maximum absolute atomic E-state index is 13.7. The Morgan fingerprint density at radius 1 is 1.08 bits per heavy atom. The molecule has 3 rings (SSSR count). The molecule has 0 radical (unpaired) electrons. The van der Waals surface area contributed by atoms with Gasteiger partial charge in [-0.1, -0.05) is 12.1 Å². The van der Waals surface area contributed by atoms with Gasteiger partial charge in [-0.15, -0.1) is 11.3 Å². The van der Waals surface area contributed by atoms with Gasteiger partial charge in [-0.3, -0.25) is 4.79 Å². The Balaban J connectivity index is 1.72. The monoisotopic (exact) mass is 348 g/mol. The average molecular weight is 348 g/mol. The first-order valence-corrected chi connectivity index (χ1v) is 7.84. The van der Waals surface area contributed by atoms with Gasteiger partial charge in [-0.2, -0.15) is 0 Å². The second-order valence-corrected chi connectivity index (χ2v) is 5.88. The minimum absolute atomic E-state index is 0.0129. The number of thiazole rings is 1. The van der Waals surface area contributed by atoms with Crippen molar-refractivity contribution in [3.63, 3.8) is 0 Å². The Morgan fingerprint density at radius 3 is 2.67 bits per heavy atom. The molecule has 24 heavy (non-hydrogen) atoms. The molecule has 1 amide bonds. The molecule has 0 aliphatic heterocycles. The quantitative estimate of drug-likeness (QED) is 0.759. The second-order valence-electron chi connectivity index (χ2n) is 5.02. The van der Waals surface area contributed by atoms with E-state index in [1.807, 2.05) is 0 Å². The van der Waals surface area contributed by atoms with Gasteiger partial charge >= 0.3 is 0 Å². The normalized spacial score (nSPS) is 10.6. The van der Waals surface area contributed by atoms with Gasteiger partial charge in [-0.05, 0) is 35.9 Å². The van der Waals surface area contributed by atoms with Crippen molar-refractivity contribution in [1.82, 2.24) is 4.98 Å². The number of aromatic nitrogens is 1.